The zero-order chi connectivity index (χ0) is 19.7. The third-order valence-corrected chi connectivity index (χ3v) is 4.76. The monoisotopic (exact) mass is 442 g/mol. The molecule has 4 rings (SSSR count). The Bertz CT molecular complexity index is 1180. The predicted octanol–water partition coefficient (Wildman–Crippen LogP) is 4.35. The molecule has 0 spiro atoms. The minimum atomic E-state index is -0.516. The van der Waals surface area contributed by atoms with Crippen molar-refractivity contribution in [3.05, 3.63) is 74.6 Å². The van der Waals surface area contributed by atoms with E-state index < -0.39 is 6.10 Å². The maximum Gasteiger partial charge on any atom is 0.293 e. The van der Waals surface area contributed by atoms with Crippen LogP contribution in [0.25, 0.3) is 22.6 Å². The van der Waals surface area contributed by atoms with Gasteiger partial charge in [-0.2, -0.15) is 4.98 Å². The van der Waals surface area contributed by atoms with E-state index in [0.29, 0.717) is 22.5 Å². The fourth-order valence-electron chi connectivity index (χ4n) is 2.92. The SMILES string of the molecule is COc1cccc2oc(-c3nc(C(OC)c4ccc(Br)cc4)no3)cc(=O)c12. The highest BCUT2D eigenvalue weighted by Gasteiger charge is 2.22. The van der Waals surface area contributed by atoms with Crippen molar-refractivity contribution in [1.29, 1.82) is 0 Å². The number of fused-ring (bicyclic) bond motifs is 1. The molecule has 0 bridgehead atoms. The Morgan fingerprint density at radius 1 is 1.11 bits per heavy atom. The van der Waals surface area contributed by atoms with Gasteiger partial charge in [-0.25, -0.2) is 0 Å². The first-order valence-electron chi connectivity index (χ1n) is 8.34. The van der Waals surface area contributed by atoms with E-state index in [-0.39, 0.29) is 17.1 Å². The van der Waals surface area contributed by atoms with Crippen LogP contribution in [0, 0.1) is 0 Å². The van der Waals surface area contributed by atoms with E-state index in [1.165, 1.54) is 13.2 Å². The number of hydrogen-bond acceptors (Lipinski definition) is 7. The van der Waals surface area contributed by atoms with E-state index in [9.17, 15) is 4.79 Å². The number of hydrogen-bond donors (Lipinski definition) is 0. The first-order chi connectivity index (χ1) is 13.6. The van der Waals surface area contributed by atoms with Crippen LogP contribution in [-0.4, -0.2) is 24.4 Å². The highest BCUT2D eigenvalue weighted by Crippen LogP contribution is 2.29. The van der Waals surface area contributed by atoms with Gasteiger partial charge < -0.3 is 18.4 Å². The summed E-state index contributed by atoms with van der Waals surface area (Å²) in [5.41, 5.74) is 0.977. The number of rotatable bonds is 5. The summed E-state index contributed by atoms with van der Waals surface area (Å²) < 4.78 is 22.8. The van der Waals surface area contributed by atoms with Gasteiger partial charge in [-0.1, -0.05) is 39.3 Å². The highest BCUT2D eigenvalue weighted by molar-refractivity contribution is 9.10. The van der Waals surface area contributed by atoms with Gasteiger partial charge in [0.15, 0.2) is 11.2 Å². The van der Waals surface area contributed by atoms with Gasteiger partial charge in [-0.3, -0.25) is 4.79 Å². The lowest BCUT2D eigenvalue weighted by Crippen LogP contribution is -2.05. The lowest BCUT2D eigenvalue weighted by Gasteiger charge is -2.11. The average molecular weight is 443 g/mol. The molecule has 2 heterocycles. The minimum Gasteiger partial charge on any atom is -0.496 e. The summed E-state index contributed by atoms with van der Waals surface area (Å²) in [5.74, 6) is 1.04. The van der Waals surface area contributed by atoms with Crippen LogP contribution in [0.1, 0.15) is 17.5 Å². The second-order valence-electron chi connectivity index (χ2n) is 5.93. The van der Waals surface area contributed by atoms with Crippen molar-refractivity contribution >= 4 is 26.9 Å². The average Bonchev–Trinajstić information content (AvgIpc) is 3.19. The van der Waals surface area contributed by atoms with Gasteiger partial charge in [-0.05, 0) is 29.8 Å². The second-order valence-corrected chi connectivity index (χ2v) is 6.85. The highest BCUT2D eigenvalue weighted by atomic mass is 79.9. The fraction of sp³-hybridized carbons (Fsp3) is 0.150. The normalized spacial score (nSPS) is 12.2. The summed E-state index contributed by atoms with van der Waals surface area (Å²) in [7, 11) is 3.06. The zero-order valence-electron chi connectivity index (χ0n) is 15.0. The standard InChI is InChI=1S/C20H15BrN2O5/c1-25-14-4-3-5-15-17(14)13(24)10-16(27-15)20-22-19(23-28-20)18(26-2)11-6-8-12(21)9-7-11/h3-10,18H,1-2H3. The van der Waals surface area contributed by atoms with E-state index in [4.69, 9.17) is 18.4 Å². The van der Waals surface area contributed by atoms with Crippen LogP contribution in [0.3, 0.4) is 0 Å². The van der Waals surface area contributed by atoms with Gasteiger partial charge in [0.1, 0.15) is 22.8 Å². The molecule has 0 aliphatic heterocycles. The molecule has 0 aliphatic rings. The summed E-state index contributed by atoms with van der Waals surface area (Å²) in [6.07, 6.45) is -0.516. The smallest absolute Gasteiger partial charge is 0.293 e. The molecule has 142 valence electrons. The molecular formula is C20H15BrN2O5. The first kappa shape index (κ1) is 18.4. The van der Waals surface area contributed by atoms with Crippen molar-refractivity contribution in [3.8, 4) is 17.4 Å². The van der Waals surface area contributed by atoms with Crippen molar-refractivity contribution in [3.63, 3.8) is 0 Å². The largest absolute Gasteiger partial charge is 0.496 e. The Balaban J connectivity index is 1.74. The van der Waals surface area contributed by atoms with Gasteiger partial charge >= 0.3 is 0 Å². The zero-order valence-corrected chi connectivity index (χ0v) is 16.6. The summed E-state index contributed by atoms with van der Waals surface area (Å²) in [6.45, 7) is 0. The molecule has 8 heteroatoms. The Hall–Kier alpha value is -2.97. The predicted molar refractivity (Wildman–Crippen MR) is 105 cm³/mol. The number of nitrogens with zero attached hydrogens (tertiary/aromatic N) is 2. The quantitative estimate of drug-likeness (QED) is 0.453. The summed E-state index contributed by atoms with van der Waals surface area (Å²) in [6, 6.07) is 14.0. The molecule has 2 aromatic heterocycles. The van der Waals surface area contributed by atoms with E-state index >= 15 is 0 Å². The van der Waals surface area contributed by atoms with Crippen LogP contribution in [-0.2, 0) is 4.74 Å². The molecule has 0 N–H and O–H groups in total. The Labute approximate surface area is 168 Å². The molecule has 4 aromatic rings. The van der Waals surface area contributed by atoms with Crippen LogP contribution >= 0.6 is 15.9 Å². The van der Waals surface area contributed by atoms with Crippen molar-refractivity contribution in [2.75, 3.05) is 14.2 Å². The van der Waals surface area contributed by atoms with Gasteiger partial charge in [0.2, 0.25) is 5.82 Å². The first-order valence-corrected chi connectivity index (χ1v) is 9.13. The third kappa shape index (κ3) is 3.32. The maximum absolute atomic E-state index is 12.5. The fourth-order valence-corrected chi connectivity index (χ4v) is 3.19. The molecule has 28 heavy (non-hydrogen) atoms. The summed E-state index contributed by atoms with van der Waals surface area (Å²) in [5, 5.41) is 4.36. The lowest BCUT2D eigenvalue weighted by molar-refractivity contribution is 0.126. The number of ether oxygens (including phenoxy) is 2. The molecule has 2 aromatic carbocycles. The van der Waals surface area contributed by atoms with Crippen LogP contribution in [0.5, 0.6) is 5.75 Å². The Morgan fingerprint density at radius 2 is 1.89 bits per heavy atom. The van der Waals surface area contributed by atoms with E-state index in [1.54, 1.807) is 25.3 Å². The van der Waals surface area contributed by atoms with Crippen molar-refractivity contribution < 1.29 is 18.4 Å². The van der Waals surface area contributed by atoms with Crippen LogP contribution in [0.2, 0.25) is 0 Å². The molecule has 0 fully saturated rings. The third-order valence-electron chi connectivity index (χ3n) is 4.23. The Morgan fingerprint density at radius 3 is 2.61 bits per heavy atom. The molecule has 0 aliphatic carbocycles. The van der Waals surface area contributed by atoms with Crippen LogP contribution in [0.4, 0.5) is 0 Å². The number of methoxy groups -OCH3 is 2. The second kappa shape index (κ2) is 7.57. The summed E-state index contributed by atoms with van der Waals surface area (Å²) in [4.78, 5) is 16.9. The molecule has 0 amide bonds. The topological polar surface area (TPSA) is 87.6 Å². The molecule has 0 radical (unpaired) electrons. The molecule has 1 atom stereocenters. The molecule has 1 unspecified atom stereocenters. The van der Waals surface area contributed by atoms with Gasteiger partial charge in [0.25, 0.3) is 5.89 Å². The van der Waals surface area contributed by atoms with Crippen molar-refractivity contribution in [2.24, 2.45) is 0 Å². The molecule has 7 nitrogen and oxygen atoms in total. The lowest BCUT2D eigenvalue weighted by atomic mass is 10.1. The van der Waals surface area contributed by atoms with Crippen LogP contribution < -0.4 is 10.2 Å². The maximum atomic E-state index is 12.5. The van der Waals surface area contributed by atoms with E-state index in [1.807, 2.05) is 24.3 Å². The van der Waals surface area contributed by atoms with Gasteiger partial charge in [-0.15, -0.1) is 0 Å². The molecular weight excluding hydrogens is 428 g/mol. The summed E-state index contributed by atoms with van der Waals surface area (Å²) >= 11 is 3.40. The van der Waals surface area contributed by atoms with Gasteiger partial charge in [0.05, 0.1) is 7.11 Å². The van der Waals surface area contributed by atoms with Crippen molar-refractivity contribution in [1.82, 2.24) is 10.1 Å². The number of halogens is 1. The van der Waals surface area contributed by atoms with E-state index in [2.05, 4.69) is 26.1 Å². The molecule has 0 saturated heterocycles. The number of aromatic nitrogens is 2. The number of benzene rings is 2. The Kier molecular flexibility index (Phi) is 4.97. The van der Waals surface area contributed by atoms with E-state index in [0.717, 1.165) is 10.0 Å². The molecule has 0 saturated carbocycles. The van der Waals surface area contributed by atoms with Crippen molar-refractivity contribution in [2.45, 2.75) is 6.10 Å². The van der Waals surface area contributed by atoms with Gasteiger partial charge in [0, 0.05) is 17.6 Å². The van der Waals surface area contributed by atoms with Crippen LogP contribution in [0.15, 0.2) is 66.7 Å². The minimum absolute atomic E-state index is 0.0935.